The van der Waals surface area contributed by atoms with E-state index in [-0.39, 0.29) is 0 Å². The van der Waals surface area contributed by atoms with E-state index in [0.717, 1.165) is 11.4 Å². The van der Waals surface area contributed by atoms with Crippen molar-refractivity contribution in [3.8, 4) is 0 Å². The molecule has 0 aliphatic heterocycles. The predicted molar refractivity (Wildman–Crippen MR) is 65.2 cm³/mol. The van der Waals surface area contributed by atoms with E-state index in [1.54, 1.807) is 0 Å². The van der Waals surface area contributed by atoms with Crippen LogP contribution in [0, 0.1) is 20.8 Å². The van der Waals surface area contributed by atoms with Crippen LogP contribution < -0.4 is 0 Å². The average Bonchev–Trinajstić information content (AvgIpc) is 1.80. The van der Waals surface area contributed by atoms with E-state index in [2.05, 4.69) is 63.1 Å². The van der Waals surface area contributed by atoms with Crippen LogP contribution in [0.1, 0.15) is 17.0 Å². The maximum absolute atomic E-state index is 4.23. The number of nitrogens with zero attached hydrogens (tertiary/aromatic N) is 1. The molecule has 0 radical (unpaired) electrons. The van der Waals surface area contributed by atoms with Gasteiger partial charge in [-0.05, 0) is 38.5 Å². The molecule has 0 aliphatic carbocycles. The second-order valence-electron chi connectivity index (χ2n) is 2.56. The van der Waals surface area contributed by atoms with Crippen molar-refractivity contribution in [2.75, 3.05) is 0 Å². The van der Waals surface area contributed by atoms with Gasteiger partial charge in [0, 0.05) is 11.4 Å². The fraction of sp³-hybridized carbons (Fsp3) is 0.375. The Morgan fingerprint density at radius 2 is 1.31 bits per heavy atom. The number of hydrogen-bond acceptors (Lipinski definition) is 1. The van der Waals surface area contributed by atoms with Gasteiger partial charge in [-0.25, -0.2) is 0 Å². The second-order valence-corrected chi connectivity index (χ2v) is 31.0. The average molecular weight is 558 g/mol. The third kappa shape index (κ3) is 9.63. The van der Waals surface area contributed by atoms with Gasteiger partial charge in [0.25, 0.3) is 0 Å². The fourth-order valence-corrected chi connectivity index (χ4v) is 1.04. The molecule has 0 aliphatic rings. The molecule has 0 atom stereocenters. The summed E-state index contributed by atoms with van der Waals surface area (Å²) in [6.07, 6.45) is 0. The normalized spacial score (nSPS) is 10.2. The molecule has 1 aromatic heterocycles. The Labute approximate surface area is 105 Å². The summed E-state index contributed by atoms with van der Waals surface area (Å²) in [4.78, 5) is 4.23. The van der Waals surface area contributed by atoms with Crippen molar-refractivity contribution < 1.29 is 12.0 Å². The van der Waals surface area contributed by atoms with E-state index in [1.165, 1.54) is 5.56 Å². The monoisotopic (exact) mass is 555 g/mol. The molecule has 13 heavy (non-hydrogen) atoms. The maximum atomic E-state index is 4.23. The zero-order chi connectivity index (χ0) is 10.4. The first-order valence-corrected chi connectivity index (χ1v) is 17.6. The number of aromatic nitrogens is 1. The SMILES string of the molecule is Cc1cc(C)nc(C)c1.[Br][Au]([Br])[Br]. The van der Waals surface area contributed by atoms with Crippen molar-refractivity contribution in [2.24, 2.45) is 0 Å². The van der Waals surface area contributed by atoms with E-state index in [1.807, 2.05) is 13.8 Å². The van der Waals surface area contributed by atoms with Crippen LogP contribution in [0.4, 0.5) is 0 Å². The summed E-state index contributed by atoms with van der Waals surface area (Å²) in [5.41, 5.74) is 3.50. The molecule has 0 aromatic carbocycles. The molecule has 1 heterocycles. The van der Waals surface area contributed by atoms with Crippen LogP contribution in [-0.2, 0) is 12.0 Å². The van der Waals surface area contributed by atoms with Gasteiger partial charge in [-0.1, -0.05) is 0 Å². The summed E-state index contributed by atoms with van der Waals surface area (Å²) >= 11 is 8.99. The Bertz CT molecular complexity index is 212. The molecule has 1 nitrogen and oxygen atoms in total. The van der Waals surface area contributed by atoms with Crippen molar-refractivity contribution in [1.29, 1.82) is 0 Å². The molecule has 1 aromatic rings. The zero-order valence-corrected chi connectivity index (χ0v) is 14.5. The predicted octanol–water partition coefficient (Wildman–Crippen LogP) is 4.54. The molecule has 5 heteroatoms. The quantitative estimate of drug-likeness (QED) is 0.427. The van der Waals surface area contributed by atoms with Crippen molar-refractivity contribution >= 4 is 39.1 Å². The van der Waals surface area contributed by atoms with Crippen molar-refractivity contribution in [3.63, 3.8) is 0 Å². The van der Waals surface area contributed by atoms with E-state index >= 15 is 0 Å². The Morgan fingerprint density at radius 3 is 1.54 bits per heavy atom. The topological polar surface area (TPSA) is 12.9 Å². The van der Waals surface area contributed by atoms with Gasteiger partial charge >= 0.3 is 51.1 Å². The first-order valence-electron chi connectivity index (χ1n) is 3.44. The third-order valence-electron chi connectivity index (χ3n) is 1.23. The van der Waals surface area contributed by atoms with E-state index in [9.17, 15) is 0 Å². The van der Waals surface area contributed by atoms with E-state index in [4.69, 9.17) is 0 Å². The van der Waals surface area contributed by atoms with Gasteiger partial charge in [-0.2, -0.15) is 0 Å². The second kappa shape index (κ2) is 7.60. The van der Waals surface area contributed by atoms with Gasteiger partial charge in [-0.15, -0.1) is 0 Å². The van der Waals surface area contributed by atoms with Gasteiger partial charge in [0.05, 0.1) is 0 Å². The molecule has 0 saturated carbocycles. The van der Waals surface area contributed by atoms with Crippen molar-refractivity contribution in [2.45, 2.75) is 20.8 Å². The standard InChI is InChI=1S/C8H11N.Au.3BrH/c1-6-4-7(2)9-8(3)5-6;;;;/h4-5H,1-3H3;;3*1H/q;+3;;;/p-3. The van der Waals surface area contributed by atoms with Crippen LogP contribution in [0.5, 0.6) is 0 Å². The molecule has 0 N–H and O–H groups in total. The van der Waals surface area contributed by atoms with Gasteiger partial charge in [0.1, 0.15) is 0 Å². The van der Waals surface area contributed by atoms with Crippen molar-refractivity contribution in [3.05, 3.63) is 29.1 Å². The van der Waals surface area contributed by atoms with Crippen LogP contribution in [0.15, 0.2) is 12.1 Å². The third-order valence-corrected chi connectivity index (χ3v) is 1.23. The Kier molecular flexibility index (Phi) is 8.38. The molecule has 0 amide bonds. The summed E-state index contributed by atoms with van der Waals surface area (Å²) in [6.45, 7) is 6.11. The number of aryl methyl sites for hydroxylation is 3. The van der Waals surface area contributed by atoms with E-state index < -0.39 is 12.0 Å². The molecule has 0 spiro atoms. The minimum absolute atomic E-state index is 0.766. The molecule has 0 fully saturated rings. The summed E-state index contributed by atoms with van der Waals surface area (Å²) in [6, 6.07) is 4.15. The van der Waals surface area contributed by atoms with Crippen molar-refractivity contribution in [1.82, 2.24) is 4.98 Å². The Hall–Kier alpha value is 1.33. The number of rotatable bonds is 0. The molecule has 80 valence electrons. The molecule has 0 unspecified atom stereocenters. The van der Waals surface area contributed by atoms with Crippen LogP contribution >= 0.6 is 39.1 Å². The summed E-state index contributed by atoms with van der Waals surface area (Å²) < 4.78 is 0. The molecule has 0 saturated heterocycles. The summed E-state index contributed by atoms with van der Waals surface area (Å²) in [5, 5.41) is 0. The van der Waals surface area contributed by atoms with Gasteiger partial charge in [0.2, 0.25) is 0 Å². The Balaban J connectivity index is 0.000000310. The first-order chi connectivity index (χ1) is 5.91. The van der Waals surface area contributed by atoms with Crippen LogP contribution in [0.25, 0.3) is 0 Å². The number of pyridine rings is 1. The fourth-order valence-electron chi connectivity index (χ4n) is 1.04. The molecule has 1 rings (SSSR count). The molecular formula is C8H11AuBr3N. The van der Waals surface area contributed by atoms with Crippen LogP contribution in [0.2, 0.25) is 0 Å². The van der Waals surface area contributed by atoms with Crippen LogP contribution in [0.3, 0.4) is 0 Å². The van der Waals surface area contributed by atoms with Gasteiger partial charge in [-0.3, -0.25) is 4.98 Å². The van der Waals surface area contributed by atoms with Gasteiger partial charge in [0.15, 0.2) is 0 Å². The first kappa shape index (κ1) is 14.3. The molecule has 0 bridgehead atoms. The minimum atomic E-state index is -0.766. The number of hydrogen-bond donors (Lipinski definition) is 0. The molecular weight excluding hydrogens is 547 g/mol. The summed E-state index contributed by atoms with van der Waals surface area (Å²) in [5.74, 6) is 0. The van der Waals surface area contributed by atoms with E-state index in [0.29, 0.717) is 0 Å². The van der Waals surface area contributed by atoms with Crippen LogP contribution in [-0.4, -0.2) is 4.98 Å². The summed E-state index contributed by atoms with van der Waals surface area (Å²) in [7, 11) is 0. The Morgan fingerprint density at radius 1 is 1.00 bits per heavy atom. The zero-order valence-electron chi connectivity index (χ0n) is 7.54. The van der Waals surface area contributed by atoms with Gasteiger partial charge < -0.3 is 0 Å². The number of halogens is 3.